The van der Waals surface area contributed by atoms with Crippen LogP contribution in [0.15, 0.2) is 43.0 Å². The minimum atomic E-state index is 0.142. The summed E-state index contributed by atoms with van der Waals surface area (Å²) in [4.78, 5) is 21.2. The number of piperazine rings is 1. The van der Waals surface area contributed by atoms with Crippen LogP contribution in [-0.4, -0.2) is 59.1 Å². The van der Waals surface area contributed by atoms with Crippen LogP contribution in [0.5, 0.6) is 0 Å². The number of benzene rings is 1. The predicted octanol–water partition coefficient (Wildman–Crippen LogP) is 2.30. The summed E-state index contributed by atoms with van der Waals surface area (Å²) in [7, 11) is 0. The van der Waals surface area contributed by atoms with Gasteiger partial charge in [-0.1, -0.05) is 19.1 Å². The minimum absolute atomic E-state index is 0.142. The zero-order chi connectivity index (χ0) is 19.1. The molecule has 1 aromatic heterocycles. The summed E-state index contributed by atoms with van der Waals surface area (Å²) in [6, 6.07) is 8.84. The second kappa shape index (κ2) is 9.55. The van der Waals surface area contributed by atoms with Crippen LogP contribution >= 0.6 is 0 Å². The first kappa shape index (κ1) is 19.4. The molecule has 1 atom stereocenters. The number of aryl methyl sites for hydroxylation is 1. The van der Waals surface area contributed by atoms with Crippen LogP contribution in [0.3, 0.4) is 0 Å². The first-order valence-corrected chi connectivity index (χ1v) is 9.93. The molecule has 0 spiro atoms. The van der Waals surface area contributed by atoms with Crippen molar-refractivity contribution >= 4 is 11.6 Å². The molecule has 3 rings (SSSR count). The summed E-state index contributed by atoms with van der Waals surface area (Å²) in [6.07, 6.45) is 6.97. The Morgan fingerprint density at radius 2 is 2.07 bits per heavy atom. The van der Waals surface area contributed by atoms with Crippen molar-refractivity contribution in [3.05, 3.63) is 48.5 Å². The Morgan fingerprint density at radius 3 is 2.74 bits per heavy atom. The number of anilines is 1. The largest absolute Gasteiger partial charge is 0.369 e. The Balaban J connectivity index is 1.38. The van der Waals surface area contributed by atoms with E-state index >= 15 is 0 Å². The molecule has 0 aliphatic carbocycles. The lowest BCUT2D eigenvalue weighted by Gasteiger charge is -2.36. The zero-order valence-electron chi connectivity index (χ0n) is 16.5. The summed E-state index contributed by atoms with van der Waals surface area (Å²) < 4.78 is 2.01. The van der Waals surface area contributed by atoms with E-state index in [2.05, 4.69) is 58.2 Å². The van der Waals surface area contributed by atoms with Crippen molar-refractivity contribution in [2.45, 2.75) is 39.3 Å². The number of carbonyl (C=O) groups is 1. The van der Waals surface area contributed by atoms with E-state index in [1.165, 1.54) is 11.3 Å². The Hall–Kier alpha value is -2.34. The highest BCUT2D eigenvalue weighted by Gasteiger charge is 2.18. The van der Waals surface area contributed by atoms with Gasteiger partial charge in [0.15, 0.2) is 0 Å². The van der Waals surface area contributed by atoms with Crippen molar-refractivity contribution in [2.75, 3.05) is 37.6 Å². The summed E-state index contributed by atoms with van der Waals surface area (Å²) in [6.45, 7) is 9.89. The molecule has 1 aromatic carbocycles. The van der Waals surface area contributed by atoms with Gasteiger partial charge in [0.1, 0.15) is 0 Å². The third-order valence-corrected chi connectivity index (χ3v) is 5.24. The number of rotatable bonds is 8. The molecular formula is C21H31N5O. The van der Waals surface area contributed by atoms with Crippen LogP contribution in [0, 0.1) is 6.92 Å². The second-order valence-corrected chi connectivity index (χ2v) is 7.35. The maximum Gasteiger partial charge on any atom is 0.221 e. The molecule has 1 aliphatic rings. The number of imidazole rings is 1. The van der Waals surface area contributed by atoms with Crippen molar-refractivity contribution in [1.29, 1.82) is 0 Å². The fourth-order valence-electron chi connectivity index (χ4n) is 3.54. The molecule has 2 aromatic rings. The lowest BCUT2D eigenvalue weighted by atomic mass is 10.2. The first-order valence-electron chi connectivity index (χ1n) is 9.93. The van der Waals surface area contributed by atoms with Crippen molar-refractivity contribution < 1.29 is 4.79 Å². The molecule has 0 radical (unpaired) electrons. The second-order valence-electron chi connectivity index (χ2n) is 7.35. The highest BCUT2D eigenvalue weighted by molar-refractivity contribution is 5.76. The number of hydrogen-bond acceptors (Lipinski definition) is 4. The lowest BCUT2D eigenvalue weighted by molar-refractivity contribution is -0.122. The van der Waals surface area contributed by atoms with Crippen molar-refractivity contribution in [3.8, 4) is 0 Å². The maximum absolute atomic E-state index is 12.3. The van der Waals surface area contributed by atoms with E-state index in [1.54, 1.807) is 12.5 Å². The maximum atomic E-state index is 12.3. The van der Waals surface area contributed by atoms with Crippen LogP contribution in [0.2, 0.25) is 0 Å². The van der Waals surface area contributed by atoms with Gasteiger partial charge in [-0.05, 0) is 31.0 Å². The van der Waals surface area contributed by atoms with E-state index in [-0.39, 0.29) is 11.9 Å². The first-order chi connectivity index (χ1) is 13.1. The summed E-state index contributed by atoms with van der Waals surface area (Å²) in [5, 5.41) is 3.16. The van der Waals surface area contributed by atoms with Crippen LogP contribution < -0.4 is 10.2 Å². The van der Waals surface area contributed by atoms with Crippen molar-refractivity contribution in [2.24, 2.45) is 0 Å². The molecule has 2 heterocycles. The Labute approximate surface area is 162 Å². The molecule has 146 valence electrons. The normalized spacial score (nSPS) is 16.3. The third-order valence-electron chi connectivity index (χ3n) is 5.24. The highest BCUT2D eigenvalue weighted by atomic mass is 16.1. The quantitative estimate of drug-likeness (QED) is 0.776. The molecule has 27 heavy (non-hydrogen) atoms. The zero-order valence-corrected chi connectivity index (χ0v) is 16.5. The van der Waals surface area contributed by atoms with Gasteiger partial charge in [0, 0.05) is 69.8 Å². The van der Waals surface area contributed by atoms with Crippen molar-refractivity contribution in [1.82, 2.24) is 19.8 Å². The number of nitrogens with zero attached hydrogens (tertiary/aromatic N) is 4. The van der Waals surface area contributed by atoms with E-state index in [0.717, 1.165) is 45.7 Å². The van der Waals surface area contributed by atoms with Crippen LogP contribution in [0.25, 0.3) is 0 Å². The molecule has 6 heteroatoms. The van der Waals surface area contributed by atoms with Gasteiger partial charge < -0.3 is 14.8 Å². The average molecular weight is 370 g/mol. The molecule has 1 fully saturated rings. The van der Waals surface area contributed by atoms with Crippen LogP contribution in [-0.2, 0) is 11.3 Å². The third kappa shape index (κ3) is 5.82. The molecule has 1 aliphatic heterocycles. The monoisotopic (exact) mass is 369 g/mol. The fraction of sp³-hybridized carbons (Fsp3) is 0.524. The Bertz CT molecular complexity index is 707. The van der Waals surface area contributed by atoms with Gasteiger partial charge in [-0.25, -0.2) is 4.98 Å². The molecule has 6 nitrogen and oxygen atoms in total. The molecule has 0 saturated carbocycles. The van der Waals surface area contributed by atoms with Gasteiger partial charge in [0.2, 0.25) is 5.91 Å². The van der Waals surface area contributed by atoms with Crippen LogP contribution in [0.1, 0.15) is 25.3 Å². The summed E-state index contributed by atoms with van der Waals surface area (Å²) >= 11 is 0. The summed E-state index contributed by atoms with van der Waals surface area (Å²) in [5.74, 6) is 0.142. The Morgan fingerprint density at radius 1 is 1.26 bits per heavy atom. The highest BCUT2D eigenvalue weighted by Crippen LogP contribution is 2.17. The van der Waals surface area contributed by atoms with Crippen molar-refractivity contribution in [3.63, 3.8) is 0 Å². The van der Waals surface area contributed by atoms with E-state index in [1.807, 2.05) is 10.8 Å². The van der Waals surface area contributed by atoms with Gasteiger partial charge in [-0.3, -0.25) is 9.69 Å². The van der Waals surface area contributed by atoms with Gasteiger partial charge in [-0.15, -0.1) is 0 Å². The SMILES string of the molecule is CC[C@H](Cn1ccnc1)NC(=O)CCN1CCN(c2cccc(C)c2)CC1. The number of carbonyl (C=O) groups excluding carboxylic acids is 1. The van der Waals surface area contributed by atoms with Crippen LogP contribution in [0.4, 0.5) is 5.69 Å². The Kier molecular flexibility index (Phi) is 6.87. The number of nitrogens with one attached hydrogen (secondary N) is 1. The predicted molar refractivity (Wildman–Crippen MR) is 109 cm³/mol. The average Bonchev–Trinajstić information content (AvgIpc) is 3.19. The molecule has 0 bridgehead atoms. The number of hydrogen-bond donors (Lipinski definition) is 1. The van der Waals surface area contributed by atoms with Gasteiger partial charge in [0.05, 0.1) is 6.33 Å². The van der Waals surface area contributed by atoms with E-state index < -0.39 is 0 Å². The molecule has 1 amide bonds. The topological polar surface area (TPSA) is 53.4 Å². The van der Waals surface area contributed by atoms with Gasteiger partial charge in [0.25, 0.3) is 0 Å². The number of amides is 1. The van der Waals surface area contributed by atoms with Gasteiger partial charge in [-0.2, -0.15) is 0 Å². The molecule has 1 saturated heterocycles. The molecule has 1 N–H and O–H groups in total. The fourth-order valence-corrected chi connectivity index (χ4v) is 3.54. The minimum Gasteiger partial charge on any atom is -0.369 e. The molecule has 0 unspecified atom stereocenters. The van der Waals surface area contributed by atoms with E-state index in [4.69, 9.17) is 0 Å². The standard InChI is InChI=1S/C21H31N5O/c1-3-19(16-25-10-8-22-17-25)23-21(27)7-9-24-11-13-26(14-12-24)20-6-4-5-18(2)15-20/h4-6,8,10,15,17,19H,3,7,9,11-14,16H2,1-2H3,(H,23,27)/t19-/m1/s1. The van der Waals surface area contributed by atoms with Gasteiger partial charge >= 0.3 is 0 Å². The molecular weight excluding hydrogens is 338 g/mol. The number of aromatic nitrogens is 2. The lowest BCUT2D eigenvalue weighted by Crippen LogP contribution is -2.47. The van der Waals surface area contributed by atoms with E-state index in [0.29, 0.717) is 6.42 Å². The summed E-state index contributed by atoms with van der Waals surface area (Å²) in [5.41, 5.74) is 2.60. The smallest absolute Gasteiger partial charge is 0.221 e. The van der Waals surface area contributed by atoms with E-state index in [9.17, 15) is 4.79 Å².